The number of amides is 1. The molecule has 1 aromatic carbocycles. The van der Waals surface area contributed by atoms with Gasteiger partial charge >= 0.3 is 0 Å². The lowest BCUT2D eigenvalue weighted by Crippen LogP contribution is -2.47. The number of aliphatic hydroxyl groups excluding tert-OH is 2. The zero-order valence-electron chi connectivity index (χ0n) is 13.4. The molecular formula is C17H22N2O4. The van der Waals surface area contributed by atoms with Crippen molar-refractivity contribution in [1.29, 1.82) is 0 Å². The van der Waals surface area contributed by atoms with E-state index in [0.717, 1.165) is 11.2 Å². The molecule has 0 saturated carbocycles. The minimum Gasteiger partial charge on any atom is -0.508 e. The molecule has 6 nitrogen and oxygen atoms in total. The Balaban J connectivity index is 1.99. The minimum absolute atomic E-state index is 0.0651. The van der Waals surface area contributed by atoms with Crippen LogP contribution in [0.4, 0.5) is 0 Å². The molecule has 1 aromatic heterocycles. The van der Waals surface area contributed by atoms with E-state index in [2.05, 4.69) is 0 Å². The van der Waals surface area contributed by atoms with E-state index in [1.54, 1.807) is 23.1 Å². The number of phenols is 1. The van der Waals surface area contributed by atoms with E-state index < -0.39 is 6.10 Å². The van der Waals surface area contributed by atoms with Crippen molar-refractivity contribution in [2.75, 3.05) is 19.7 Å². The molecule has 1 saturated heterocycles. The number of fused-ring (bicyclic) bond motifs is 1. The molecule has 2 unspecified atom stereocenters. The summed E-state index contributed by atoms with van der Waals surface area (Å²) in [5, 5.41) is 29.8. The highest BCUT2D eigenvalue weighted by molar-refractivity contribution is 6.08. The summed E-state index contributed by atoms with van der Waals surface area (Å²) in [6.45, 7) is 2.54. The van der Waals surface area contributed by atoms with Crippen LogP contribution in [-0.2, 0) is 7.05 Å². The Bertz CT molecular complexity index is 753. The van der Waals surface area contributed by atoms with Gasteiger partial charge in [-0.2, -0.15) is 0 Å². The number of hydrogen-bond donors (Lipinski definition) is 3. The van der Waals surface area contributed by atoms with Gasteiger partial charge in [0.25, 0.3) is 5.91 Å². The summed E-state index contributed by atoms with van der Waals surface area (Å²) >= 11 is 0. The average Bonchev–Trinajstić information content (AvgIpc) is 2.77. The van der Waals surface area contributed by atoms with Gasteiger partial charge in [0, 0.05) is 49.3 Å². The van der Waals surface area contributed by atoms with Crippen molar-refractivity contribution >= 4 is 16.8 Å². The Morgan fingerprint density at radius 2 is 2.13 bits per heavy atom. The number of aromatic hydroxyl groups is 1. The van der Waals surface area contributed by atoms with Crippen LogP contribution >= 0.6 is 0 Å². The van der Waals surface area contributed by atoms with Crippen molar-refractivity contribution in [3.63, 3.8) is 0 Å². The molecule has 3 rings (SSSR count). The molecule has 6 heteroatoms. The molecule has 2 aromatic rings. The summed E-state index contributed by atoms with van der Waals surface area (Å²) in [5.74, 6) is -0.193. The lowest BCUT2D eigenvalue weighted by molar-refractivity contribution is 0.000910. The zero-order chi connectivity index (χ0) is 16.7. The summed E-state index contributed by atoms with van der Waals surface area (Å²) in [4.78, 5) is 14.6. The maximum atomic E-state index is 13.0. The standard InChI is InChI=1S/C17H22N2O4/c1-10-16(13-7-12(21)3-4-14(13)18(10)2)17(23)19-6-5-11(9-20)15(22)8-19/h3-4,7,11,15,20-22H,5-6,8-9H2,1-2H3. The molecule has 23 heavy (non-hydrogen) atoms. The molecule has 0 aliphatic carbocycles. The topological polar surface area (TPSA) is 85.9 Å². The number of likely N-dealkylation sites (tertiary alicyclic amines) is 1. The molecule has 1 amide bonds. The van der Waals surface area contributed by atoms with Crippen LogP contribution in [-0.4, -0.2) is 56.5 Å². The molecule has 124 valence electrons. The quantitative estimate of drug-likeness (QED) is 0.771. The second kappa shape index (κ2) is 5.86. The van der Waals surface area contributed by atoms with Crippen molar-refractivity contribution in [2.45, 2.75) is 19.4 Å². The molecule has 1 aliphatic heterocycles. The summed E-state index contributed by atoms with van der Waals surface area (Å²) in [6.07, 6.45) is -0.125. The Morgan fingerprint density at radius 3 is 2.78 bits per heavy atom. The van der Waals surface area contributed by atoms with Crippen molar-refractivity contribution in [2.24, 2.45) is 13.0 Å². The highest BCUT2D eigenvalue weighted by Gasteiger charge is 2.32. The van der Waals surface area contributed by atoms with Crippen molar-refractivity contribution < 1.29 is 20.1 Å². The SMILES string of the molecule is Cc1c(C(=O)N2CCC(CO)C(O)C2)c2cc(O)ccc2n1C. The molecule has 3 N–H and O–H groups in total. The largest absolute Gasteiger partial charge is 0.508 e. The first-order chi connectivity index (χ1) is 10.9. The summed E-state index contributed by atoms with van der Waals surface area (Å²) < 4.78 is 1.93. The van der Waals surface area contributed by atoms with Crippen LogP contribution in [0.25, 0.3) is 10.9 Å². The second-order valence-corrected chi connectivity index (χ2v) is 6.27. The Labute approximate surface area is 134 Å². The van der Waals surface area contributed by atoms with Crippen LogP contribution < -0.4 is 0 Å². The number of piperidine rings is 1. The minimum atomic E-state index is -0.707. The van der Waals surface area contributed by atoms with Gasteiger partial charge in [-0.25, -0.2) is 0 Å². The number of aliphatic hydroxyl groups is 2. The van der Waals surface area contributed by atoms with E-state index >= 15 is 0 Å². The predicted molar refractivity (Wildman–Crippen MR) is 86.4 cm³/mol. The zero-order valence-corrected chi connectivity index (χ0v) is 13.4. The van der Waals surface area contributed by atoms with Gasteiger partial charge in [-0.05, 0) is 31.5 Å². The third kappa shape index (κ3) is 2.58. The van der Waals surface area contributed by atoms with Gasteiger partial charge in [-0.15, -0.1) is 0 Å². The number of rotatable bonds is 2. The van der Waals surface area contributed by atoms with Crippen molar-refractivity contribution in [1.82, 2.24) is 9.47 Å². The first-order valence-corrected chi connectivity index (χ1v) is 7.80. The molecular weight excluding hydrogens is 296 g/mol. The van der Waals surface area contributed by atoms with Crippen LogP contribution in [0.2, 0.25) is 0 Å². The van der Waals surface area contributed by atoms with E-state index in [-0.39, 0.29) is 30.7 Å². The van der Waals surface area contributed by atoms with Crippen LogP contribution in [0.15, 0.2) is 18.2 Å². The van der Waals surface area contributed by atoms with Crippen molar-refractivity contribution in [3.8, 4) is 5.75 Å². The molecule has 2 heterocycles. The number of hydrogen-bond acceptors (Lipinski definition) is 4. The number of benzene rings is 1. The smallest absolute Gasteiger partial charge is 0.256 e. The predicted octanol–water partition coefficient (Wildman–Crippen LogP) is 1.01. The van der Waals surface area contributed by atoms with Gasteiger partial charge in [0.05, 0.1) is 11.7 Å². The Morgan fingerprint density at radius 1 is 1.39 bits per heavy atom. The fourth-order valence-electron chi connectivity index (χ4n) is 3.37. The van der Waals surface area contributed by atoms with Gasteiger partial charge in [0.2, 0.25) is 0 Å². The maximum Gasteiger partial charge on any atom is 0.256 e. The van der Waals surface area contributed by atoms with Gasteiger partial charge in [-0.3, -0.25) is 4.79 Å². The normalized spacial score (nSPS) is 21.8. The molecule has 1 aliphatic rings. The Hall–Kier alpha value is -2.05. The number of β-amino-alcohol motifs (C(OH)–C–C–N with tert-alkyl or cyclic N) is 1. The number of phenolic OH excluding ortho intramolecular Hbond substituents is 1. The number of aryl methyl sites for hydroxylation is 1. The molecule has 1 fully saturated rings. The van der Waals surface area contributed by atoms with E-state index in [9.17, 15) is 20.1 Å². The summed E-state index contributed by atoms with van der Waals surface area (Å²) in [7, 11) is 1.89. The third-order valence-corrected chi connectivity index (χ3v) is 4.93. The highest BCUT2D eigenvalue weighted by Crippen LogP contribution is 2.30. The van der Waals surface area contributed by atoms with E-state index in [4.69, 9.17) is 0 Å². The lowest BCUT2D eigenvalue weighted by atomic mass is 9.94. The average molecular weight is 318 g/mol. The summed E-state index contributed by atoms with van der Waals surface area (Å²) in [5.41, 5.74) is 2.27. The highest BCUT2D eigenvalue weighted by atomic mass is 16.3. The van der Waals surface area contributed by atoms with Crippen molar-refractivity contribution in [3.05, 3.63) is 29.5 Å². The number of aromatic nitrogens is 1. The fourth-order valence-corrected chi connectivity index (χ4v) is 3.37. The Kier molecular flexibility index (Phi) is 4.04. The number of carbonyl (C=O) groups excluding carboxylic acids is 1. The van der Waals surface area contributed by atoms with Crippen LogP contribution in [0.3, 0.4) is 0 Å². The van der Waals surface area contributed by atoms with Gasteiger partial charge in [0.15, 0.2) is 0 Å². The van der Waals surface area contributed by atoms with Crippen LogP contribution in [0.5, 0.6) is 5.75 Å². The van der Waals surface area contributed by atoms with E-state index in [1.807, 2.05) is 18.5 Å². The fraction of sp³-hybridized carbons (Fsp3) is 0.471. The molecule has 0 radical (unpaired) electrons. The lowest BCUT2D eigenvalue weighted by Gasteiger charge is -2.35. The van der Waals surface area contributed by atoms with Gasteiger partial charge in [0.1, 0.15) is 5.75 Å². The van der Waals surface area contributed by atoms with Crippen LogP contribution in [0, 0.1) is 12.8 Å². The number of carbonyl (C=O) groups is 1. The number of nitrogens with zero attached hydrogens (tertiary/aromatic N) is 2. The summed E-state index contributed by atoms with van der Waals surface area (Å²) in [6, 6.07) is 5.00. The monoisotopic (exact) mass is 318 g/mol. The van der Waals surface area contributed by atoms with Gasteiger partial charge < -0.3 is 24.8 Å². The second-order valence-electron chi connectivity index (χ2n) is 6.27. The molecule has 0 bridgehead atoms. The molecule has 2 atom stereocenters. The first-order valence-electron chi connectivity index (χ1n) is 7.80. The first kappa shape index (κ1) is 15.8. The molecule has 0 spiro atoms. The van der Waals surface area contributed by atoms with Gasteiger partial charge in [-0.1, -0.05) is 0 Å². The third-order valence-electron chi connectivity index (χ3n) is 4.93. The van der Waals surface area contributed by atoms with Crippen LogP contribution in [0.1, 0.15) is 22.5 Å². The van der Waals surface area contributed by atoms with E-state index in [1.165, 1.54) is 0 Å². The maximum absolute atomic E-state index is 13.0. The van der Waals surface area contributed by atoms with E-state index in [0.29, 0.717) is 23.9 Å².